The highest BCUT2D eigenvalue weighted by Gasteiger charge is 2.34. The summed E-state index contributed by atoms with van der Waals surface area (Å²) in [6, 6.07) is -0.322. The molecule has 26 heavy (non-hydrogen) atoms. The molecular weight excluding hydrogens is 358 g/mol. The fourth-order valence-electron chi connectivity index (χ4n) is 3.36. The number of nitrogens with zero attached hydrogens (tertiary/aromatic N) is 3. The zero-order valence-electron chi connectivity index (χ0n) is 15.8. The molecule has 146 valence electrons. The van der Waals surface area contributed by atoms with Crippen molar-refractivity contribution in [1.82, 2.24) is 14.7 Å². The Morgan fingerprint density at radius 1 is 1.35 bits per heavy atom. The Morgan fingerprint density at radius 2 is 2.04 bits per heavy atom. The average molecular weight is 385 g/mol. The van der Waals surface area contributed by atoms with Gasteiger partial charge in [0, 0.05) is 31.7 Å². The topological polar surface area (TPSA) is 98.6 Å². The number of esters is 1. The first kappa shape index (κ1) is 20.4. The molecule has 8 nitrogen and oxygen atoms in total. The molecule has 0 aliphatic carbocycles. The van der Waals surface area contributed by atoms with Crippen molar-refractivity contribution in [1.29, 1.82) is 0 Å². The predicted octanol–water partition coefficient (Wildman–Crippen LogP) is 0.548. The van der Waals surface area contributed by atoms with Crippen LogP contribution in [0.2, 0.25) is 0 Å². The minimum absolute atomic E-state index is 0.0138. The van der Waals surface area contributed by atoms with Crippen LogP contribution >= 0.6 is 0 Å². The maximum absolute atomic E-state index is 12.3. The molecule has 1 aromatic rings. The van der Waals surface area contributed by atoms with Crippen LogP contribution < -0.4 is 0 Å². The molecule has 0 aromatic carbocycles. The highest BCUT2D eigenvalue weighted by molar-refractivity contribution is 7.91. The Morgan fingerprint density at radius 3 is 2.54 bits per heavy atom. The van der Waals surface area contributed by atoms with Gasteiger partial charge in [0.05, 0.1) is 17.2 Å². The lowest BCUT2D eigenvalue weighted by molar-refractivity contribution is -0.152. The summed E-state index contributed by atoms with van der Waals surface area (Å²) in [4.78, 5) is 25.8. The van der Waals surface area contributed by atoms with Gasteiger partial charge in [-0.15, -0.1) is 0 Å². The highest BCUT2D eigenvalue weighted by Crippen LogP contribution is 2.18. The first-order valence-electron chi connectivity index (χ1n) is 8.79. The van der Waals surface area contributed by atoms with E-state index in [0.717, 1.165) is 17.0 Å². The molecule has 2 rings (SSSR count). The van der Waals surface area contributed by atoms with Crippen molar-refractivity contribution in [2.75, 3.05) is 24.7 Å². The number of hydrogen-bond donors (Lipinski definition) is 0. The van der Waals surface area contributed by atoms with Gasteiger partial charge >= 0.3 is 5.97 Å². The summed E-state index contributed by atoms with van der Waals surface area (Å²) in [6.07, 6.45) is 1.12. The number of aryl methyl sites for hydroxylation is 2. The predicted molar refractivity (Wildman–Crippen MR) is 96.4 cm³/mol. The van der Waals surface area contributed by atoms with Crippen molar-refractivity contribution in [3.05, 3.63) is 17.0 Å². The second-order valence-corrected chi connectivity index (χ2v) is 8.90. The van der Waals surface area contributed by atoms with Gasteiger partial charge in [-0.3, -0.25) is 14.3 Å². The van der Waals surface area contributed by atoms with Gasteiger partial charge in [0.25, 0.3) is 5.91 Å². The number of likely N-dealkylation sites (N-methyl/N-ethyl adjacent to an activating group) is 1. The lowest BCUT2D eigenvalue weighted by Gasteiger charge is -2.26. The summed E-state index contributed by atoms with van der Waals surface area (Å²) >= 11 is 0. The largest absolute Gasteiger partial charge is 0.456 e. The van der Waals surface area contributed by atoms with E-state index >= 15 is 0 Å². The molecule has 0 spiro atoms. The molecule has 0 bridgehead atoms. The zero-order chi connectivity index (χ0) is 19.5. The van der Waals surface area contributed by atoms with Crippen molar-refractivity contribution in [3.8, 4) is 0 Å². The molecule has 1 amide bonds. The number of sulfone groups is 1. The molecule has 1 aromatic heterocycles. The van der Waals surface area contributed by atoms with E-state index in [1.165, 1.54) is 4.90 Å². The number of carbonyl (C=O) groups excluding carboxylic acids is 2. The first-order valence-corrected chi connectivity index (χ1v) is 10.6. The van der Waals surface area contributed by atoms with Gasteiger partial charge in [-0.05, 0) is 39.2 Å². The van der Waals surface area contributed by atoms with Crippen molar-refractivity contribution >= 4 is 21.7 Å². The van der Waals surface area contributed by atoms with Crippen molar-refractivity contribution in [2.24, 2.45) is 7.05 Å². The van der Waals surface area contributed by atoms with E-state index in [-0.39, 0.29) is 36.5 Å². The van der Waals surface area contributed by atoms with Gasteiger partial charge in [-0.1, -0.05) is 0 Å². The summed E-state index contributed by atoms with van der Waals surface area (Å²) in [5.41, 5.74) is 2.90. The second kappa shape index (κ2) is 8.20. The summed E-state index contributed by atoms with van der Waals surface area (Å²) in [5, 5.41) is 4.31. The standard InChI is InChI=1S/C17H27N3O5S/c1-5-20(14-8-9-26(23,24)11-14)16(21)10-25-17(22)7-6-15-12(2)18-19(4)13(15)3/h14H,5-11H2,1-4H3. The molecule has 1 saturated heterocycles. The quantitative estimate of drug-likeness (QED) is 0.636. The number of aromatic nitrogens is 2. The van der Waals surface area contributed by atoms with Gasteiger partial charge in [0.15, 0.2) is 16.4 Å². The van der Waals surface area contributed by atoms with Crippen LogP contribution in [0.4, 0.5) is 0 Å². The highest BCUT2D eigenvalue weighted by atomic mass is 32.2. The van der Waals surface area contributed by atoms with E-state index in [0.29, 0.717) is 19.4 Å². The minimum atomic E-state index is -3.07. The fourth-order valence-corrected chi connectivity index (χ4v) is 5.09. The van der Waals surface area contributed by atoms with Crippen LogP contribution in [0.25, 0.3) is 0 Å². The van der Waals surface area contributed by atoms with Crippen LogP contribution in [0.1, 0.15) is 36.7 Å². The normalized spacial score (nSPS) is 18.7. The Kier molecular flexibility index (Phi) is 6.44. The van der Waals surface area contributed by atoms with Crippen LogP contribution in [-0.4, -0.2) is 65.7 Å². The van der Waals surface area contributed by atoms with Crippen molar-refractivity contribution < 1.29 is 22.7 Å². The molecule has 1 unspecified atom stereocenters. The number of ether oxygens (including phenoxy) is 1. The lowest BCUT2D eigenvalue weighted by Crippen LogP contribution is -2.43. The van der Waals surface area contributed by atoms with Crippen LogP contribution in [-0.2, 0) is 37.6 Å². The van der Waals surface area contributed by atoms with Crippen LogP contribution in [0.5, 0.6) is 0 Å². The summed E-state index contributed by atoms with van der Waals surface area (Å²) in [6.45, 7) is 5.67. The van der Waals surface area contributed by atoms with Gasteiger partial charge in [0.1, 0.15) is 0 Å². The van der Waals surface area contributed by atoms with E-state index in [1.807, 2.05) is 20.9 Å². The third-order valence-corrected chi connectivity index (χ3v) is 6.66. The molecule has 9 heteroatoms. The number of rotatable bonds is 7. The molecule has 0 saturated carbocycles. The van der Waals surface area contributed by atoms with Gasteiger partial charge in [0.2, 0.25) is 0 Å². The summed E-state index contributed by atoms with van der Waals surface area (Å²) in [7, 11) is -1.22. The van der Waals surface area contributed by atoms with Crippen molar-refractivity contribution in [3.63, 3.8) is 0 Å². The maximum Gasteiger partial charge on any atom is 0.306 e. The third-order valence-electron chi connectivity index (χ3n) is 4.90. The Hall–Kier alpha value is -1.90. The molecule has 0 N–H and O–H groups in total. The number of hydrogen-bond acceptors (Lipinski definition) is 6. The molecule has 1 fully saturated rings. The Bertz CT molecular complexity index is 785. The van der Waals surface area contributed by atoms with E-state index < -0.39 is 15.8 Å². The zero-order valence-corrected chi connectivity index (χ0v) is 16.6. The summed E-state index contributed by atoms with van der Waals surface area (Å²) in [5.74, 6) is -0.710. The molecule has 1 atom stereocenters. The van der Waals surface area contributed by atoms with Crippen LogP contribution in [0.3, 0.4) is 0 Å². The van der Waals surface area contributed by atoms with E-state index in [2.05, 4.69) is 5.10 Å². The summed E-state index contributed by atoms with van der Waals surface area (Å²) < 4.78 is 30.1. The van der Waals surface area contributed by atoms with E-state index in [9.17, 15) is 18.0 Å². The Labute approximate surface area is 154 Å². The second-order valence-electron chi connectivity index (χ2n) is 6.67. The van der Waals surface area contributed by atoms with Crippen LogP contribution in [0.15, 0.2) is 0 Å². The third kappa shape index (κ3) is 4.84. The average Bonchev–Trinajstić information content (AvgIpc) is 3.03. The van der Waals surface area contributed by atoms with Gasteiger partial charge in [-0.25, -0.2) is 8.42 Å². The lowest BCUT2D eigenvalue weighted by atomic mass is 10.1. The molecule has 1 aliphatic heterocycles. The smallest absolute Gasteiger partial charge is 0.306 e. The number of carbonyl (C=O) groups is 2. The monoisotopic (exact) mass is 385 g/mol. The number of amides is 1. The molecular formula is C17H27N3O5S. The Balaban J connectivity index is 1.83. The van der Waals surface area contributed by atoms with Crippen molar-refractivity contribution in [2.45, 2.75) is 46.1 Å². The van der Waals surface area contributed by atoms with E-state index in [1.54, 1.807) is 11.6 Å². The SMILES string of the molecule is CCN(C(=O)COC(=O)CCc1c(C)nn(C)c1C)C1CCS(=O)(=O)C1. The van der Waals surface area contributed by atoms with Gasteiger partial charge < -0.3 is 9.64 Å². The molecule has 2 heterocycles. The fraction of sp³-hybridized carbons (Fsp3) is 0.706. The molecule has 0 radical (unpaired) electrons. The first-order chi connectivity index (χ1) is 12.1. The van der Waals surface area contributed by atoms with E-state index in [4.69, 9.17) is 4.74 Å². The minimum Gasteiger partial charge on any atom is -0.456 e. The maximum atomic E-state index is 12.3. The van der Waals surface area contributed by atoms with Crippen LogP contribution in [0, 0.1) is 13.8 Å². The molecule has 1 aliphatic rings. The van der Waals surface area contributed by atoms with Gasteiger partial charge in [-0.2, -0.15) is 5.10 Å².